The number of nitrogens with zero attached hydrogens (tertiary/aromatic N) is 4. The second-order valence-electron chi connectivity index (χ2n) is 6.51. The van der Waals surface area contributed by atoms with Crippen LogP contribution in [0.15, 0.2) is 34.9 Å². The molecule has 5 rings (SSSR count). The molecule has 0 radical (unpaired) electrons. The monoisotopic (exact) mass is 338 g/mol. The van der Waals surface area contributed by atoms with Gasteiger partial charge in [0.1, 0.15) is 11.9 Å². The summed E-state index contributed by atoms with van der Waals surface area (Å²) in [5.74, 6) is 2.60. The highest BCUT2D eigenvalue weighted by Gasteiger charge is 2.30. The summed E-state index contributed by atoms with van der Waals surface area (Å²) < 4.78 is 18.5. The smallest absolute Gasteiger partial charge is 0.278 e. The Kier molecular flexibility index (Phi) is 3.34. The first-order valence-electron chi connectivity index (χ1n) is 8.46. The van der Waals surface area contributed by atoms with Crippen LogP contribution in [0.1, 0.15) is 41.9 Å². The van der Waals surface area contributed by atoms with Gasteiger partial charge in [0.25, 0.3) is 5.89 Å². The van der Waals surface area contributed by atoms with Gasteiger partial charge in [-0.05, 0) is 36.6 Å². The van der Waals surface area contributed by atoms with Crippen LogP contribution < -0.4 is 4.74 Å². The number of aromatic nitrogens is 4. The van der Waals surface area contributed by atoms with E-state index in [0.29, 0.717) is 30.7 Å². The van der Waals surface area contributed by atoms with Crippen molar-refractivity contribution in [3.05, 3.63) is 47.4 Å². The Morgan fingerprint density at radius 2 is 2.04 bits per heavy atom. The highest BCUT2D eigenvalue weighted by molar-refractivity contribution is 5.47. The summed E-state index contributed by atoms with van der Waals surface area (Å²) in [6.45, 7) is 1.17. The van der Waals surface area contributed by atoms with E-state index in [2.05, 4.69) is 15.2 Å². The fraction of sp³-hybridized carbons (Fsp3) is 0.389. The molecule has 0 bridgehead atoms. The Morgan fingerprint density at radius 1 is 1.20 bits per heavy atom. The summed E-state index contributed by atoms with van der Waals surface area (Å²) in [5.41, 5.74) is 2.84. The molecule has 1 aliphatic carbocycles. The largest absolute Gasteiger partial charge is 0.497 e. The molecule has 0 N–H and O–H groups in total. The Labute approximate surface area is 144 Å². The van der Waals surface area contributed by atoms with Crippen molar-refractivity contribution < 1.29 is 14.0 Å². The fourth-order valence-electron chi connectivity index (χ4n) is 3.10. The molecule has 3 aromatic rings. The van der Waals surface area contributed by atoms with Crippen LogP contribution in [-0.2, 0) is 17.9 Å². The van der Waals surface area contributed by atoms with Crippen molar-refractivity contribution in [3.8, 4) is 17.3 Å². The van der Waals surface area contributed by atoms with Gasteiger partial charge in [-0.1, -0.05) is 17.3 Å². The molecule has 0 spiro atoms. The van der Waals surface area contributed by atoms with E-state index in [-0.39, 0.29) is 6.10 Å². The molecule has 2 aliphatic rings. The molecule has 1 aliphatic heterocycles. The highest BCUT2D eigenvalue weighted by Crippen LogP contribution is 2.39. The zero-order valence-corrected chi connectivity index (χ0v) is 13.9. The topological polar surface area (TPSA) is 75.2 Å². The van der Waals surface area contributed by atoms with Crippen molar-refractivity contribution in [3.63, 3.8) is 0 Å². The lowest BCUT2D eigenvalue weighted by atomic mass is 10.1. The summed E-state index contributed by atoms with van der Waals surface area (Å²) in [5, 5.41) is 8.70. The first kappa shape index (κ1) is 14.7. The fourth-order valence-corrected chi connectivity index (χ4v) is 3.10. The molecule has 0 unspecified atom stereocenters. The second-order valence-corrected chi connectivity index (χ2v) is 6.51. The van der Waals surface area contributed by atoms with Crippen LogP contribution >= 0.6 is 0 Å². The summed E-state index contributed by atoms with van der Waals surface area (Å²) in [4.78, 5) is 4.47. The Balaban J connectivity index is 1.37. The lowest BCUT2D eigenvalue weighted by Gasteiger charge is -2.24. The van der Waals surface area contributed by atoms with E-state index in [1.165, 1.54) is 0 Å². The van der Waals surface area contributed by atoms with Crippen LogP contribution in [0.25, 0.3) is 11.6 Å². The van der Waals surface area contributed by atoms with E-state index >= 15 is 0 Å². The van der Waals surface area contributed by atoms with Gasteiger partial charge in [-0.25, -0.2) is 0 Å². The average molecular weight is 338 g/mol. The lowest BCUT2D eigenvalue weighted by molar-refractivity contribution is -0.00115. The van der Waals surface area contributed by atoms with Crippen molar-refractivity contribution in [2.75, 3.05) is 7.11 Å². The van der Waals surface area contributed by atoms with E-state index in [9.17, 15) is 0 Å². The van der Waals surface area contributed by atoms with Crippen molar-refractivity contribution in [1.82, 2.24) is 19.9 Å². The van der Waals surface area contributed by atoms with Crippen LogP contribution in [0, 0.1) is 0 Å². The number of methoxy groups -OCH3 is 1. The van der Waals surface area contributed by atoms with E-state index in [1.54, 1.807) is 7.11 Å². The van der Waals surface area contributed by atoms with Gasteiger partial charge in [0, 0.05) is 5.92 Å². The first-order chi connectivity index (χ1) is 12.3. The summed E-state index contributed by atoms with van der Waals surface area (Å²) >= 11 is 0. The van der Waals surface area contributed by atoms with Crippen molar-refractivity contribution in [2.24, 2.45) is 0 Å². The molecule has 3 heterocycles. The number of rotatable bonds is 4. The average Bonchev–Trinajstić information content (AvgIpc) is 3.23. The highest BCUT2D eigenvalue weighted by atomic mass is 16.5. The van der Waals surface area contributed by atoms with Gasteiger partial charge in [0.15, 0.2) is 11.5 Å². The van der Waals surface area contributed by atoms with Crippen LogP contribution in [0.5, 0.6) is 5.75 Å². The van der Waals surface area contributed by atoms with Crippen LogP contribution in [0.2, 0.25) is 0 Å². The Morgan fingerprint density at radius 3 is 2.80 bits per heavy atom. The molecule has 1 saturated carbocycles. The Hall–Kier alpha value is -2.67. The van der Waals surface area contributed by atoms with E-state index in [1.807, 2.05) is 35.0 Å². The zero-order valence-electron chi connectivity index (χ0n) is 13.9. The second kappa shape index (κ2) is 5.70. The predicted octanol–water partition coefficient (Wildman–Crippen LogP) is 3.09. The van der Waals surface area contributed by atoms with Gasteiger partial charge in [-0.15, -0.1) is 0 Å². The molecule has 2 aromatic heterocycles. The maximum atomic E-state index is 6.00. The maximum Gasteiger partial charge on any atom is 0.278 e. The van der Waals surface area contributed by atoms with Gasteiger partial charge in [0.2, 0.25) is 0 Å². The first-order valence-corrected chi connectivity index (χ1v) is 8.46. The van der Waals surface area contributed by atoms with E-state index in [0.717, 1.165) is 35.7 Å². The van der Waals surface area contributed by atoms with Crippen molar-refractivity contribution >= 4 is 0 Å². The van der Waals surface area contributed by atoms with Crippen LogP contribution in [0.4, 0.5) is 0 Å². The summed E-state index contributed by atoms with van der Waals surface area (Å²) in [7, 11) is 1.66. The quantitative estimate of drug-likeness (QED) is 0.728. The molecule has 0 amide bonds. The third-order valence-electron chi connectivity index (χ3n) is 4.73. The molecule has 1 fully saturated rings. The molecule has 1 aromatic carbocycles. The summed E-state index contributed by atoms with van der Waals surface area (Å²) in [6.07, 6.45) is 2.27. The number of ether oxygens (including phenoxy) is 2. The molecule has 7 heteroatoms. The standard InChI is InChI=1S/C18H18N4O3/c1-23-14-6-4-11(5-7-14)16-9-22-13(10-24-16)8-15(20-22)18-19-17(21-25-18)12-2-3-12/h4-8,12,16H,2-3,9-10H2,1H3/t16-/m1/s1. The van der Waals surface area contributed by atoms with Crippen molar-refractivity contribution in [2.45, 2.75) is 38.0 Å². The zero-order chi connectivity index (χ0) is 16.8. The minimum atomic E-state index is -0.0316. The van der Waals surface area contributed by atoms with Gasteiger partial charge < -0.3 is 14.0 Å². The normalized spacial score (nSPS) is 19.6. The molecular weight excluding hydrogens is 320 g/mol. The van der Waals surface area contributed by atoms with Gasteiger partial charge in [-0.3, -0.25) is 4.68 Å². The van der Waals surface area contributed by atoms with Gasteiger partial charge >= 0.3 is 0 Å². The van der Waals surface area contributed by atoms with Gasteiger partial charge in [0.05, 0.1) is 26.0 Å². The number of hydrogen-bond donors (Lipinski definition) is 0. The Bertz CT molecular complexity index is 895. The minimum absolute atomic E-state index is 0.0316. The van der Waals surface area contributed by atoms with E-state index in [4.69, 9.17) is 14.0 Å². The molecule has 7 nitrogen and oxygen atoms in total. The molecule has 25 heavy (non-hydrogen) atoms. The third kappa shape index (κ3) is 2.70. The summed E-state index contributed by atoms with van der Waals surface area (Å²) in [6, 6.07) is 9.91. The number of hydrogen-bond acceptors (Lipinski definition) is 6. The minimum Gasteiger partial charge on any atom is -0.497 e. The van der Waals surface area contributed by atoms with Crippen molar-refractivity contribution in [1.29, 1.82) is 0 Å². The van der Waals surface area contributed by atoms with Gasteiger partial charge in [-0.2, -0.15) is 10.1 Å². The molecule has 1 atom stereocenters. The predicted molar refractivity (Wildman–Crippen MR) is 88.0 cm³/mol. The van der Waals surface area contributed by atoms with Crippen LogP contribution in [0.3, 0.4) is 0 Å². The molecule has 0 saturated heterocycles. The maximum absolute atomic E-state index is 6.00. The molecule has 128 valence electrons. The lowest BCUT2D eigenvalue weighted by Crippen LogP contribution is -2.21. The SMILES string of the molecule is COc1ccc([C@H]2Cn3nc(-c4nc(C5CC5)no4)cc3CO2)cc1. The molecular formula is C18H18N4O3. The number of benzene rings is 1. The van der Waals surface area contributed by atoms with Crippen LogP contribution in [-0.4, -0.2) is 27.0 Å². The number of fused-ring (bicyclic) bond motifs is 1. The van der Waals surface area contributed by atoms with E-state index < -0.39 is 0 Å². The third-order valence-corrected chi connectivity index (χ3v) is 4.73.